The summed E-state index contributed by atoms with van der Waals surface area (Å²) >= 11 is 0. The van der Waals surface area contributed by atoms with E-state index in [4.69, 9.17) is 4.74 Å². The van der Waals surface area contributed by atoms with Crippen molar-refractivity contribution < 1.29 is 18.7 Å². The van der Waals surface area contributed by atoms with Gasteiger partial charge in [-0.2, -0.15) is 0 Å². The molecule has 1 aromatic carbocycles. The second-order valence-corrected chi connectivity index (χ2v) is 4.42. The number of benzene rings is 1. The van der Waals surface area contributed by atoms with Gasteiger partial charge in [0.2, 0.25) is 5.91 Å². The van der Waals surface area contributed by atoms with E-state index in [0.29, 0.717) is 5.69 Å². The standard InChI is InChI=1S/C13H14FNO3/c1-3-18-12(17)13(2)8-15(11(13)16)10-6-4-5-9(14)7-10/h4-7H,3,8H2,1-2H3. The maximum absolute atomic E-state index is 13.1. The zero-order valence-corrected chi connectivity index (χ0v) is 10.3. The zero-order valence-electron chi connectivity index (χ0n) is 10.3. The molecule has 0 saturated carbocycles. The molecule has 0 N–H and O–H groups in total. The third-order valence-corrected chi connectivity index (χ3v) is 3.04. The first-order valence-electron chi connectivity index (χ1n) is 5.74. The second-order valence-electron chi connectivity index (χ2n) is 4.42. The molecule has 2 rings (SSSR count). The lowest BCUT2D eigenvalue weighted by molar-refractivity contribution is -0.162. The summed E-state index contributed by atoms with van der Waals surface area (Å²) < 4.78 is 17.9. The molecule has 1 amide bonds. The molecular formula is C13H14FNO3. The van der Waals surface area contributed by atoms with Crippen LogP contribution in [0.4, 0.5) is 10.1 Å². The number of ether oxygens (including phenoxy) is 1. The molecule has 0 aliphatic carbocycles. The van der Waals surface area contributed by atoms with Crippen LogP contribution in [0.3, 0.4) is 0 Å². The van der Waals surface area contributed by atoms with Crippen molar-refractivity contribution in [1.29, 1.82) is 0 Å². The van der Waals surface area contributed by atoms with E-state index in [0.717, 1.165) is 0 Å². The van der Waals surface area contributed by atoms with Gasteiger partial charge in [0.25, 0.3) is 0 Å². The fraction of sp³-hybridized carbons (Fsp3) is 0.385. The molecule has 5 heteroatoms. The summed E-state index contributed by atoms with van der Waals surface area (Å²) in [5, 5.41) is 0. The molecule has 0 aromatic heterocycles. The van der Waals surface area contributed by atoms with E-state index >= 15 is 0 Å². The van der Waals surface area contributed by atoms with Gasteiger partial charge in [0, 0.05) is 5.69 Å². The fourth-order valence-electron chi connectivity index (χ4n) is 1.96. The lowest BCUT2D eigenvalue weighted by Gasteiger charge is -2.44. The molecule has 4 nitrogen and oxygen atoms in total. The first kappa shape index (κ1) is 12.5. The Balaban J connectivity index is 2.15. The van der Waals surface area contributed by atoms with Crippen molar-refractivity contribution in [1.82, 2.24) is 0 Å². The predicted molar refractivity (Wildman–Crippen MR) is 63.5 cm³/mol. The van der Waals surface area contributed by atoms with Crippen molar-refractivity contribution in [3.63, 3.8) is 0 Å². The van der Waals surface area contributed by atoms with E-state index in [2.05, 4.69) is 0 Å². The highest BCUT2D eigenvalue weighted by atomic mass is 19.1. The Morgan fingerprint density at radius 1 is 1.56 bits per heavy atom. The molecule has 96 valence electrons. The average molecular weight is 251 g/mol. The SMILES string of the molecule is CCOC(=O)C1(C)CN(c2cccc(F)c2)C1=O. The molecule has 1 aliphatic heterocycles. The van der Waals surface area contributed by atoms with E-state index in [1.807, 2.05) is 0 Å². The topological polar surface area (TPSA) is 46.6 Å². The van der Waals surface area contributed by atoms with Gasteiger partial charge >= 0.3 is 5.97 Å². The highest BCUT2D eigenvalue weighted by molar-refractivity contribution is 6.16. The van der Waals surface area contributed by atoms with Gasteiger partial charge in [-0.05, 0) is 32.0 Å². The fourth-order valence-corrected chi connectivity index (χ4v) is 1.96. The van der Waals surface area contributed by atoms with E-state index < -0.39 is 17.2 Å². The number of halogens is 1. The largest absolute Gasteiger partial charge is 0.465 e. The van der Waals surface area contributed by atoms with Crippen molar-refractivity contribution in [2.24, 2.45) is 5.41 Å². The smallest absolute Gasteiger partial charge is 0.323 e. The Labute approximate surface area is 104 Å². The summed E-state index contributed by atoms with van der Waals surface area (Å²) in [6, 6.07) is 5.73. The van der Waals surface area contributed by atoms with Crippen LogP contribution in [0.15, 0.2) is 24.3 Å². The minimum atomic E-state index is -1.14. The summed E-state index contributed by atoms with van der Waals surface area (Å²) in [5.74, 6) is -1.29. The molecular weight excluding hydrogens is 237 g/mol. The highest BCUT2D eigenvalue weighted by Gasteiger charge is 2.55. The Morgan fingerprint density at radius 3 is 2.83 bits per heavy atom. The number of esters is 1. The molecule has 1 saturated heterocycles. The Kier molecular flexibility index (Phi) is 3.07. The van der Waals surface area contributed by atoms with Gasteiger partial charge in [0.1, 0.15) is 5.82 Å². The predicted octanol–water partition coefficient (Wildman–Crippen LogP) is 1.74. The summed E-state index contributed by atoms with van der Waals surface area (Å²) in [5.41, 5.74) is -0.677. The van der Waals surface area contributed by atoms with Gasteiger partial charge in [-0.3, -0.25) is 9.59 Å². The quantitative estimate of drug-likeness (QED) is 0.467. The van der Waals surface area contributed by atoms with Crippen LogP contribution in [0.2, 0.25) is 0 Å². The van der Waals surface area contributed by atoms with Crippen LogP contribution < -0.4 is 4.90 Å². The first-order valence-corrected chi connectivity index (χ1v) is 5.74. The van der Waals surface area contributed by atoms with Gasteiger partial charge in [-0.1, -0.05) is 6.07 Å². The molecule has 18 heavy (non-hydrogen) atoms. The molecule has 0 spiro atoms. The van der Waals surface area contributed by atoms with Crippen LogP contribution in [0.25, 0.3) is 0 Å². The van der Waals surface area contributed by atoms with Gasteiger partial charge < -0.3 is 9.64 Å². The van der Waals surface area contributed by atoms with Gasteiger partial charge in [0.15, 0.2) is 5.41 Å². The van der Waals surface area contributed by atoms with Crippen LogP contribution in [-0.4, -0.2) is 25.0 Å². The van der Waals surface area contributed by atoms with Crippen molar-refractivity contribution in [2.75, 3.05) is 18.1 Å². The second kappa shape index (κ2) is 4.40. The number of nitrogens with zero attached hydrogens (tertiary/aromatic N) is 1. The maximum atomic E-state index is 13.1. The third-order valence-electron chi connectivity index (χ3n) is 3.04. The summed E-state index contributed by atoms with van der Waals surface area (Å²) in [6.07, 6.45) is 0. The number of carbonyl (C=O) groups excluding carboxylic acids is 2. The first-order chi connectivity index (χ1) is 8.49. The molecule has 1 unspecified atom stereocenters. The van der Waals surface area contributed by atoms with E-state index in [9.17, 15) is 14.0 Å². The number of rotatable bonds is 3. The summed E-state index contributed by atoms with van der Waals surface area (Å²) in [4.78, 5) is 25.0. The van der Waals surface area contributed by atoms with E-state index in [-0.39, 0.29) is 19.1 Å². The van der Waals surface area contributed by atoms with Gasteiger partial charge in [0.05, 0.1) is 13.2 Å². The van der Waals surface area contributed by atoms with E-state index in [1.165, 1.54) is 23.1 Å². The highest BCUT2D eigenvalue weighted by Crippen LogP contribution is 2.36. The molecule has 1 atom stereocenters. The molecule has 0 radical (unpaired) electrons. The maximum Gasteiger partial charge on any atom is 0.323 e. The number of carbonyl (C=O) groups is 2. The monoisotopic (exact) mass is 251 g/mol. The summed E-state index contributed by atoms with van der Waals surface area (Å²) in [7, 11) is 0. The van der Waals surface area contributed by atoms with Crippen molar-refractivity contribution >= 4 is 17.6 Å². The number of β-lactam (4-membered cyclic amide) rings is 1. The molecule has 1 aliphatic rings. The Bertz CT molecular complexity index is 503. The van der Waals surface area contributed by atoms with E-state index in [1.54, 1.807) is 19.9 Å². The van der Waals surface area contributed by atoms with Gasteiger partial charge in [-0.25, -0.2) is 4.39 Å². The number of amides is 1. The number of hydrogen-bond acceptors (Lipinski definition) is 3. The lowest BCUT2D eigenvalue weighted by Crippen LogP contribution is -2.64. The molecule has 1 fully saturated rings. The minimum Gasteiger partial charge on any atom is -0.465 e. The van der Waals surface area contributed by atoms with Crippen LogP contribution >= 0.6 is 0 Å². The normalized spacial score (nSPS) is 22.6. The van der Waals surface area contributed by atoms with Crippen molar-refractivity contribution in [2.45, 2.75) is 13.8 Å². The van der Waals surface area contributed by atoms with Crippen molar-refractivity contribution in [3.8, 4) is 0 Å². The number of anilines is 1. The number of hydrogen-bond donors (Lipinski definition) is 0. The van der Waals surface area contributed by atoms with Crippen molar-refractivity contribution in [3.05, 3.63) is 30.1 Å². The Hall–Kier alpha value is -1.91. The molecule has 0 bridgehead atoms. The van der Waals surface area contributed by atoms with Crippen LogP contribution in [0.1, 0.15) is 13.8 Å². The average Bonchev–Trinajstić information content (AvgIpc) is 2.35. The van der Waals surface area contributed by atoms with Crippen LogP contribution in [-0.2, 0) is 14.3 Å². The minimum absolute atomic E-state index is 0.216. The van der Waals surface area contributed by atoms with Crippen LogP contribution in [0, 0.1) is 11.2 Å². The zero-order chi connectivity index (χ0) is 13.3. The molecule has 1 heterocycles. The molecule has 1 aromatic rings. The Morgan fingerprint density at radius 2 is 2.28 bits per heavy atom. The van der Waals surface area contributed by atoms with Gasteiger partial charge in [-0.15, -0.1) is 0 Å². The summed E-state index contributed by atoms with van der Waals surface area (Å²) in [6.45, 7) is 3.69. The van der Waals surface area contributed by atoms with Crippen LogP contribution in [0.5, 0.6) is 0 Å². The third kappa shape index (κ3) is 1.85. The lowest BCUT2D eigenvalue weighted by atomic mass is 9.80.